The van der Waals surface area contributed by atoms with Gasteiger partial charge in [-0.05, 0) is 49.7 Å². The SMILES string of the molecule is Cc1cc(CN)c(C)n1-c1ccc(OC(F)(F)F)cc1. The molecule has 0 aliphatic carbocycles. The Morgan fingerprint density at radius 2 is 1.75 bits per heavy atom. The molecular formula is C14H15F3N2O. The van der Waals surface area contributed by atoms with E-state index in [1.165, 1.54) is 12.1 Å². The molecular weight excluding hydrogens is 269 g/mol. The van der Waals surface area contributed by atoms with Crippen LogP contribution in [0, 0.1) is 13.8 Å². The summed E-state index contributed by atoms with van der Waals surface area (Å²) in [5.74, 6) is -0.234. The average molecular weight is 284 g/mol. The van der Waals surface area contributed by atoms with Crippen LogP contribution in [-0.4, -0.2) is 10.9 Å². The minimum absolute atomic E-state index is 0.234. The summed E-state index contributed by atoms with van der Waals surface area (Å²) in [7, 11) is 0. The summed E-state index contributed by atoms with van der Waals surface area (Å²) < 4.78 is 42.1. The van der Waals surface area contributed by atoms with Crippen LogP contribution in [0.4, 0.5) is 13.2 Å². The Kier molecular flexibility index (Phi) is 3.76. The fourth-order valence-electron chi connectivity index (χ4n) is 2.23. The van der Waals surface area contributed by atoms with E-state index in [0.717, 1.165) is 22.6 Å². The van der Waals surface area contributed by atoms with Gasteiger partial charge in [-0.1, -0.05) is 0 Å². The van der Waals surface area contributed by atoms with Crippen LogP contribution in [0.5, 0.6) is 5.75 Å². The molecule has 0 saturated carbocycles. The largest absolute Gasteiger partial charge is 0.573 e. The number of ether oxygens (including phenoxy) is 1. The van der Waals surface area contributed by atoms with Crippen LogP contribution in [0.15, 0.2) is 30.3 Å². The summed E-state index contributed by atoms with van der Waals surface area (Å²) in [6.45, 7) is 4.27. The first-order valence-corrected chi connectivity index (χ1v) is 6.06. The summed E-state index contributed by atoms with van der Waals surface area (Å²) in [6.07, 6.45) is -4.67. The molecule has 2 N–H and O–H groups in total. The van der Waals surface area contributed by atoms with Crippen molar-refractivity contribution in [2.24, 2.45) is 5.73 Å². The molecule has 0 atom stereocenters. The van der Waals surface area contributed by atoms with Crippen LogP contribution in [0.1, 0.15) is 17.0 Å². The molecule has 0 fully saturated rings. The highest BCUT2D eigenvalue weighted by atomic mass is 19.4. The number of alkyl halides is 3. The molecule has 2 rings (SSSR count). The van der Waals surface area contributed by atoms with Crippen molar-refractivity contribution >= 4 is 0 Å². The number of nitrogens with two attached hydrogens (primary N) is 1. The Balaban J connectivity index is 2.33. The lowest BCUT2D eigenvalue weighted by Gasteiger charge is -2.12. The number of halogens is 3. The van der Waals surface area contributed by atoms with Gasteiger partial charge in [-0.2, -0.15) is 0 Å². The molecule has 0 bridgehead atoms. The van der Waals surface area contributed by atoms with Crippen LogP contribution >= 0.6 is 0 Å². The number of hydrogen-bond acceptors (Lipinski definition) is 2. The van der Waals surface area contributed by atoms with Crippen molar-refractivity contribution in [3.05, 3.63) is 47.3 Å². The Labute approximate surface area is 114 Å². The van der Waals surface area contributed by atoms with Gasteiger partial charge in [-0.3, -0.25) is 0 Å². The first-order chi connectivity index (χ1) is 9.31. The third-order valence-electron chi connectivity index (χ3n) is 3.08. The fourth-order valence-corrected chi connectivity index (χ4v) is 2.23. The van der Waals surface area contributed by atoms with E-state index < -0.39 is 6.36 Å². The van der Waals surface area contributed by atoms with Gasteiger partial charge in [0, 0.05) is 23.6 Å². The lowest BCUT2D eigenvalue weighted by Crippen LogP contribution is -2.17. The van der Waals surface area contributed by atoms with Crippen LogP contribution in [0.25, 0.3) is 5.69 Å². The lowest BCUT2D eigenvalue weighted by molar-refractivity contribution is -0.274. The van der Waals surface area contributed by atoms with Crippen molar-refractivity contribution in [1.82, 2.24) is 4.57 Å². The van der Waals surface area contributed by atoms with Crippen molar-refractivity contribution in [3.63, 3.8) is 0 Å². The molecule has 0 unspecified atom stereocenters. The Morgan fingerprint density at radius 3 is 2.20 bits per heavy atom. The van der Waals surface area contributed by atoms with E-state index in [-0.39, 0.29) is 5.75 Å². The van der Waals surface area contributed by atoms with Crippen molar-refractivity contribution < 1.29 is 17.9 Å². The molecule has 1 aromatic heterocycles. The van der Waals surface area contributed by atoms with Gasteiger partial charge in [0.25, 0.3) is 0 Å². The molecule has 0 radical (unpaired) electrons. The van der Waals surface area contributed by atoms with Crippen LogP contribution < -0.4 is 10.5 Å². The first kappa shape index (κ1) is 14.5. The van der Waals surface area contributed by atoms with Crippen LogP contribution in [0.3, 0.4) is 0 Å². The summed E-state index contributed by atoms with van der Waals surface area (Å²) >= 11 is 0. The molecule has 0 aliphatic heterocycles. The van der Waals surface area contributed by atoms with E-state index in [0.29, 0.717) is 6.54 Å². The van der Waals surface area contributed by atoms with Gasteiger partial charge in [0.05, 0.1) is 0 Å². The number of nitrogens with zero attached hydrogens (tertiary/aromatic N) is 1. The highest BCUT2D eigenvalue weighted by Gasteiger charge is 2.31. The molecule has 20 heavy (non-hydrogen) atoms. The van der Waals surface area contributed by atoms with Gasteiger partial charge < -0.3 is 15.0 Å². The zero-order chi connectivity index (χ0) is 14.9. The topological polar surface area (TPSA) is 40.2 Å². The zero-order valence-electron chi connectivity index (χ0n) is 11.2. The van der Waals surface area contributed by atoms with Gasteiger partial charge in [0.1, 0.15) is 5.75 Å². The molecule has 108 valence electrons. The number of aryl methyl sites for hydroxylation is 1. The normalized spacial score (nSPS) is 11.7. The first-order valence-electron chi connectivity index (χ1n) is 6.06. The standard InChI is InChI=1S/C14H15F3N2O/c1-9-7-11(8-18)10(2)19(9)12-3-5-13(6-4-12)20-14(15,16)17/h3-7H,8,18H2,1-2H3. The van der Waals surface area contributed by atoms with Gasteiger partial charge in [-0.15, -0.1) is 13.2 Å². The van der Waals surface area contributed by atoms with Crippen LogP contribution in [-0.2, 0) is 6.54 Å². The molecule has 0 saturated heterocycles. The molecule has 0 spiro atoms. The molecule has 0 aliphatic rings. The van der Waals surface area contributed by atoms with Gasteiger partial charge >= 0.3 is 6.36 Å². The fraction of sp³-hybridized carbons (Fsp3) is 0.286. The van der Waals surface area contributed by atoms with Crippen LogP contribution in [0.2, 0.25) is 0 Å². The molecule has 3 nitrogen and oxygen atoms in total. The monoisotopic (exact) mass is 284 g/mol. The summed E-state index contributed by atoms with van der Waals surface area (Å²) in [5.41, 5.74) is 9.39. The minimum Gasteiger partial charge on any atom is -0.406 e. The van der Waals surface area contributed by atoms with E-state index in [9.17, 15) is 13.2 Å². The van der Waals surface area contributed by atoms with E-state index in [1.54, 1.807) is 12.1 Å². The molecule has 2 aromatic rings. The molecule has 0 amide bonds. The quantitative estimate of drug-likeness (QED) is 0.937. The van der Waals surface area contributed by atoms with Crippen molar-refractivity contribution in [2.75, 3.05) is 0 Å². The Morgan fingerprint density at radius 1 is 1.15 bits per heavy atom. The Hall–Kier alpha value is -1.95. The second-order valence-electron chi connectivity index (χ2n) is 4.48. The van der Waals surface area contributed by atoms with Crippen molar-refractivity contribution in [1.29, 1.82) is 0 Å². The smallest absolute Gasteiger partial charge is 0.406 e. The maximum atomic E-state index is 12.1. The Bertz CT molecular complexity index is 600. The second kappa shape index (κ2) is 5.20. The van der Waals surface area contributed by atoms with E-state index in [4.69, 9.17) is 5.73 Å². The molecule has 1 heterocycles. The summed E-state index contributed by atoms with van der Waals surface area (Å²) in [5, 5.41) is 0. The van der Waals surface area contributed by atoms with Gasteiger partial charge in [0.15, 0.2) is 0 Å². The molecule has 1 aromatic carbocycles. The maximum absolute atomic E-state index is 12.1. The third kappa shape index (κ3) is 2.96. The minimum atomic E-state index is -4.67. The summed E-state index contributed by atoms with van der Waals surface area (Å²) in [4.78, 5) is 0. The average Bonchev–Trinajstić information content (AvgIpc) is 2.64. The van der Waals surface area contributed by atoms with E-state index >= 15 is 0 Å². The predicted octanol–water partition coefficient (Wildman–Crippen LogP) is 3.45. The highest BCUT2D eigenvalue weighted by Crippen LogP contribution is 2.26. The number of benzene rings is 1. The summed E-state index contributed by atoms with van der Waals surface area (Å²) in [6, 6.07) is 7.73. The van der Waals surface area contributed by atoms with E-state index in [1.807, 2.05) is 24.5 Å². The number of aromatic nitrogens is 1. The second-order valence-corrected chi connectivity index (χ2v) is 4.48. The molecule has 6 heteroatoms. The lowest BCUT2D eigenvalue weighted by atomic mass is 10.2. The third-order valence-corrected chi connectivity index (χ3v) is 3.08. The van der Waals surface area contributed by atoms with Crippen molar-refractivity contribution in [3.8, 4) is 11.4 Å². The van der Waals surface area contributed by atoms with E-state index in [2.05, 4.69) is 4.74 Å². The number of rotatable bonds is 3. The maximum Gasteiger partial charge on any atom is 0.573 e. The number of hydrogen-bond donors (Lipinski definition) is 1. The van der Waals surface area contributed by atoms with Gasteiger partial charge in [0.2, 0.25) is 0 Å². The zero-order valence-corrected chi connectivity index (χ0v) is 11.2. The highest BCUT2D eigenvalue weighted by molar-refractivity contribution is 5.43. The predicted molar refractivity (Wildman–Crippen MR) is 69.8 cm³/mol. The van der Waals surface area contributed by atoms with Crippen molar-refractivity contribution in [2.45, 2.75) is 26.8 Å². The van der Waals surface area contributed by atoms with Gasteiger partial charge in [-0.25, -0.2) is 0 Å².